The second-order valence-electron chi connectivity index (χ2n) is 3.06. The van der Waals surface area contributed by atoms with Crippen molar-refractivity contribution in [2.24, 2.45) is 0 Å². The van der Waals surface area contributed by atoms with Gasteiger partial charge in [0, 0.05) is 6.07 Å². The van der Waals surface area contributed by atoms with Crippen LogP contribution in [0.15, 0.2) is 24.0 Å². The topological polar surface area (TPSA) is 21.3 Å². The van der Waals surface area contributed by atoms with Crippen molar-refractivity contribution in [3.63, 3.8) is 0 Å². The molecule has 1 heterocycles. The molecule has 1 aromatic rings. The summed E-state index contributed by atoms with van der Waals surface area (Å²) in [5.74, 6) is -1.04. The van der Waals surface area contributed by atoms with Gasteiger partial charge in [0.2, 0.25) is 0 Å². The van der Waals surface area contributed by atoms with Crippen LogP contribution in [0.3, 0.4) is 0 Å². The third-order valence-electron chi connectivity index (χ3n) is 1.82. The van der Waals surface area contributed by atoms with Crippen molar-refractivity contribution < 1.29 is 13.5 Å². The number of benzene rings is 1. The van der Waals surface area contributed by atoms with E-state index in [-0.39, 0.29) is 10.9 Å². The van der Waals surface area contributed by atoms with Gasteiger partial charge < -0.3 is 10.1 Å². The molecule has 1 aliphatic rings. The first kappa shape index (κ1) is 11.1. The molecule has 0 radical (unpaired) electrons. The molecule has 0 bridgehead atoms. The van der Waals surface area contributed by atoms with E-state index in [9.17, 15) is 8.78 Å². The number of ether oxygens (including phenoxy) is 1. The predicted molar refractivity (Wildman–Crippen MR) is 63.8 cm³/mol. The lowest BCUT2D eigenvalue weighted by Crippen LogP contribution is -2.16. The minimum absolute atomic E-state index is 0.133. The summed E-state index contributed by atoms with van der Waals surface area (Å²) in [7, 11) is 0. The van der Waals surface area contributed by atoms with Gasteiger partial charge >= 0.3 is 0 Å². The summed E-state index contributed by atoms with van der Waals surface area (Å²) < 4.78 is 30.8. The molecule has 2 rings (SSSR count). The molecule has 1 saturated heterocycles. The molecule has 1 N–H and O–H groups in total. The third-order valence-corrected chi connectivity index (χ3v) is 2.31. The summed E-state index contributed by atoms with van der Waals surface area (Å²) in [6.45, 7) is 0. The van der Waals surface area contributed by atoms with E-state index in [1.54, 1.807) is 0 Å². The van der Waals surface area contributed by atoms with Crippen LogP contribution in [0.25, 0.3) is 6.08 Å². The van der Waals surface area contributed by atoms with E-state index in [1.807, 2.05) is 0 Å². The van der Waals surface area contributed by atoms with E-state index >= 15 is 0 Å². The normalized spacial score (nSPS) is 17.5. The van der Waals surface area contributed by atoms with Crippen LogP contribution in [0, 0.1) is 11.6 Å². The molecule has 0 unspecified atom stereocenters. The fraction of sp³-hybridized carbons (Fsp3) is 0. The predicted octanol–water partition coefficient (Wildman–Crippen LogP) is 2.54. The van der Waals surface area contributed by atoms with Crippen molar-refractivity contribution in [2.45, 2.75) is 0 Å². The van der Waals surface area contributed by atoms with Crippen molar-refractivity contribution >= 4 is 40.7 Å². The maximum absolute atomic E-state index is 12.9. The van der Waals surface area contributed by atoms with Crippen LogP contribution in [0.5, 0.6) is 0 Å². The van der Waals surface area contributed by atoms with Gasteiger partial charge in [-0.2, -0.15) is 0 Å². The Morgan fingerprint density at radius 2 is 1.75 bits per heavy atom. The number of hydrogen-bond donors (Lipinski definition) is 1. The van der Waals surface area contributed by atoms with Crippen molar-refractivity contribution in [2.75, 3.05) is 0 Å². The molecule has 6 heteroatoms. The van der Waals surface area contributed by atoms with Gasteiger partial charge in [-0.25, -0.2) is 8.78 Å². The van der Waals surface area contributed by atoms with Crippen molar-refractivity contribution in [1.82, 2.24) is 5.32 Å². The van der Waals surface area contributed by atoms with Gasteiger partial charge in [-0.1, -0.05) is 12.2 Å². The van der Waals surface area contributed by atoms with E-state index in [4.69, 9.17) is 29.2 Å². The van der Waals surface area contributed by atoms with Crippen LogP contribution in [-0.2, 0) is 4.74 Å². The standard InChI is InChI=1S/C10H5F2NOS2/c11-6-1-5(2-7(12)4-6)3-8-9(15)13-10(16)14-8/h1-4H,(H,13,15,16)/b8-3-. The van der Waals surface area contributed by atoms with Crippen LogP contribution in [0.4, 0.5) is 8.78 Å². The highest BCUT2D eigenvalue weighted by molar-refractivity contribution is 7.82. The minimum atomic E-state index is -0.661. The third kappa shape index (κ3) is 2.40. The Kier molecular flexibility index (Phi) is 2.93. The maximum atomic E-state index is 12.9. The van der Waals surface area contributed by atoms with Gasteiger partial charge in [0.05, 0.1) is 0 Å². The molecule has 0 amide bonds. The van der Waals surface area contributed by atoms with Crippen LogP contribution in [0.2, 0.25) is 0 Å². The summed E-state index contributed by atoms with van der Waals surface area (Å²) in [6.07, 6.45) is 1.42. The van der Waals surface area contributed by atoms with Gasteiger partial charge in [0.25, 0.3) is 5.17 Å². The van der Waals surface area contributed by atoms with E-state index in [2.05, 4.69) is 5.32 Å². The van der Waals surface area contributed by atoms with Gasteiger partial charge in [-0.05, 0) is 36.0 Å². The highest BCUT2D eigenvalue weighted by atomic mass is 32.1. The van der Waals surface area contributed by atoms with E-state index < -0.39 is 11.6 Å². The highest BCUT2D eigenvalue weighted by Crippen LogP contribution is 2.16. The zero-order chi connectivity index (χ0) is 11.7. The molecule has 0 aromatic heterocycles. The van der Waals surface area contributed by atoms with Gasteiger partial charge in [0.1, 0.15) is 16.6 Å². The molecule has 0 atom stereocenters. The first-order valence-corrected chi connectivity index (χ1v) is 5.07. The Morgan fingerprint density at radius 3 is 2.25 bits per heavy atom. The Morgan fingerprint density at radius 1 is 1.12 bits per heavy atom. The second-order valence-corrected chi connectivity index (χ2v) is 3.83. The average Bonchev–Trinajstić information content (AvgIpc) is 2.43. The first-order valence-electron chi connectivity index (χ1n) is 4.25. The van der Waals surface area contributed by atoms with Crippen molar-refractivity contribution in [3.05, 3.63) is 41.2 Å². The summed E-state index contributed by atoms with van der Waals surface area (Å²) >= 11 is 9.63. The van der Waals surface area contributed by atoms with E-state index in [1.165, 1.54) is 18.2 Å². The molecule has 1 aliphatic heterocycles. The smallest absolute Gasteiger partial charge is 0.267 e. The monoisotopic (exact) mass is 257 g/mol. The number of nitrogens with one attached hydrogen (secondary N) is 1. The Balaban J connectivity index is 2.36. The van der Waals surface area contributed by atoms with Gasteiger partial charge in [0.15, 0.2) is 5.76 Å². The number of halogens is 2. The molecule has 1 aromatic carbocycles. The van der Waals surface area contributed by atoms with Gasteiger partial charge in [-0.3, -0.25) is 0 Å². The molecule has 0 aliphatic carbocycles. The number of thiocarbonyl (C=S) groups is 2. The molecule has 2 nitrogen and oxygen atoms in total. The van der Waals surface area contributed by atoms with Gasteiger partial charge in [-0.15, -0.1) is 0 Å². The lowest BCUT2D eigenvalue weighted by atomic mass is 10.2. The van der Waals surface area contributed by atoms with E-state index in [0.717, 1.165) is 6.07 Å². The first-order chi connectivity index (χ1) is 7.54. The second kappa shape index (κ2) is 4.23. The Hall–Kier alpha value is -1.40. The minimum Gasteiger partial charge on any atom is -0.428 e. The molecule has 0 spiro atoms. The Labute approximate surface area is 101 Å². The molecule has 16 heavy (non-hydrogen) atoms. The number of rotatable bonds is 1. The van der Waals surface area contributed by atoms with Crippen molar-refractivity contribution in [1.29, 1.82) is 0 Å². The molecular weight excluding hydrogens is 252 g/mol. The lowest BCUT2D eigenvalue weighted by Gasteiger charge is -1.98. The summed E-state index contributed by atoms with van der Waals surface area (Å²) in [5, 5.41) is 2.73. The van der Waals surface area contributed by atoms with Crippen LogP contribution >= 0.6 is 24.4 Å². The SMILES string of the molecule is Fc1cc(F)cc(/C=C2\OC(=S)NC2=S)c1. The van der Waals surface area contributed by atoms with Crippen LogP contribution in [-0.4, -0.2) is 10.2 Å². The number of hydrogen-bond acceptors (Lipinski definition) is 3. The van der Waals surface area contributed by atoms with Crippen LogP contribution < -0.4 is 5.32 Å². The summed E-state index contributed by atoms with van der Waals surface area (Å²) in [6, 6.07) is 3.13. The van der Waals surface area contributed by atoms with E-state index in [0.29, 0.717) is 10.6 Å². The quantitative estimate of drug-likeness (QED) is 0.616. The fourth-order valence-corrected chi connectivity index (χ4v) is 1.68. The maximum Gasteiger partial charge on any atom is 0.267 e. The molecule has 82 valence electrons. The Bertz CT molecular complexity index is 493. The summed E-state index contributed by atoms with van der Waals surface area (Å²) in [5.41, 5.74) is 0.321. The van der Waals surface area contributed by atoms with Crippen molar-refractivity contribution in [3.8, 4) is 0 Å². The lowest BCUT2D eigenvalue weighted by molar-refractivity contribution is 0.471. The molecule has 0 saturated carbocycles. The molecular formula is C10H5F2NOS2. The summed E-state index contributed by atoms with van der Waals surface area (Å²) in [4.78, 5) is 0.301. The zero-order valence-corrected chi connectivity index (χ0v) is 9.42. The zero-order valence-electron chi connectivity index (χ0n) is 7.79. The average molecular weight is 257 g/mol. The highest BCUT2D eigenvalue weighted by Gasteiger charge is 2.19. The molecule has 1 fully saturated rings. The largest absolute Gasteiger partial charge is 0.428 e. The fourth-order valence-electron chi connectivity index (χ4n) is 1.23. The van der Waals surface area contributed by atoms with Crippen LogP contribution in [0.1, 0.15) is 5.56 Å².